The lowest BCUT2D eigenvalue weighted by Gasteiger charge is -2.14. The van der Waals surface area contributed by atoms with E-state index in [0.717, 1.165) is 61.2 Å². The van der Waals surface area contributed by atoms with Crippen LogP contribution in [0.25, 0.3) is 0 Å². The Morgan fingerprint density at radius 3 is 2.92 bits per heavy atom. The van der Waals surface area contributed by atoms with E-state index in [9.17, 15) is 4.79 Å². The molecule has 0 unspecified atom stereocenters. The fraction of sp³-hybridized carbons (Fsp3) is 0.688. The van der Waals surface area contributed by atoms with E-state index in [4.69, 9.17) is 4.74 Å². The Labute approximate surface area is 161 Å². The Morgan fingerprint density at radius 1 is 1.35 bits per heavy atom. The highest BCUT2D eigenvalue weighted by Crippen LogP contribution is 2.22. The average molecular weight is 397 g/mol. The number of anilines is 1. The molecule has 1 fully saturated rings. The van der Waals surface area contributed by atoms with E-state index in [2.05, 4.69) is 37.2 Å². The molecule has 3 heterocycles. The predicted molar refractivity (Wildman–Crippen MR) is 102 cm³/mol. The summed E-state index contributed by atoms with van der Waals surface area (Å²) in [4.78, 5) is 12.2. The van der Waals surface area contributed by atoms with Crippen LogP contribution in [-0.2, 0) is 28.9 Å². The number of hydrogen-bond acceptors (Lipinski definition) is 8. The van der Waals surface area contributed by atoms with Crippen molar-refractivity contribution in [3.05, 3.63) is 10.8 Å². The van der Waals surface area contributed by atoms with Crippen molar-refractivity contribution >= 4 is 34.1 Å². The number of ether oxygens (including phenoxy) is 1. The van der Waals surface area contributed by atoms with E-state index in [0.29, 0.717) is 5.13 Å². The highest BCUT2D eigenvalue weighted by atomic mass is 32.2. The van der Waals surface area contributed by atoms with Crippen LogP contribution in [0.15, 0.2) is 5.16 Å². The summed E-state index contributed by atoms with van der Waals surface area (Å²) in [5.74, 6) is 1.11. The minimum absolute atomic E-state index is 0.113. The highest BCUT2D eigenvalue weighted by Gasteiger charge is 2.21. The third-order valence-corrected chi connectivity index (χ3v) is 5.98. The van der Waals surface area contributed by atoms with E-state index >= 15 is 0 Å². The van der Waals surface area contributed by atoms with Gasteiger partial charge in [-0.1, -0.05) is 36.9 Å². The SMILES string of the molecule is CCCc1nnc(SCC(=O)Nc2nnc(CC)s2)n1C[C@@H]1CCCO1. The van der Waals surface area contributed by atoms with Gasteiger partial charge in [0.05, 0.1) is 18.4 Å². The van der Waals surface area contributed by atoms with Gasteiger partial charge in [0.25, 0.3) is 0 Å². The monoisotopic (exact) mass is 396 g/mol. The van der Waals surface area contributed by atoms with Gasteiger partial charge >= 0.3 is 0 Å². The lowest BCUT2D eigenvalue weighted by Crippen LogP contribution is -2.19. The molecule has 0 radical (unpaired) electrons. The Balaban J connectivity index is 1.59. The second kappa shape index (κ2) is 9.43. The van der Waals surface area contributed by atoms with Crippen molar-refractivity contribution in [1.29, 1.82) is 0 Å². The second-order valence-corrected chi connectivity index (χ2v) is 8.09. The minimum atomic E-state index is -0.113. The molecule has 3 rings (SSSR count). The fourth-order valence-corrected chi connectivity index (χ4v) is 4.20. The molecule has 26 heavy (non-hydrogen) atoms. The normalized spacial score (nSPS) is 16.9. The molecule has 2 aromatic rings. The molecule has 0 aliphatic carbocycles. The Kier molecular flexibility index (Phi) is 6.98. The van der Waals surface area contributed by atoms with Crippen molar-refractivity contribution in [1.82, 2.24) is 25.0 Å². The number of rotatable bonds is 9. The molecule has 8 nitrogen and oxygen atoms in total. The van der Waals surface area contributed by atoms with Gasteiger partial charge in [-0.15, -0.1) is 20.4 Å². The zero-order valence-electron chi connectivity index (χ0n) is 15.1. The molecule has 1 atom stereocenters. The summed E-state index contributed by atoms with van der Waals surface area (Å²) in [5.41, 5.74) is 0. The van der Waals surface area contributed by atoms with Crippen LogP contribution < -0.4 is 5.32 Å². The van der Waals surface area contributed by atoms with Crippen LogP contribution in [0.3, 0.4) is 0 Å². The van der Waals surface area contributed by atoms with Crippen LogP contribution in [0.1, 0.15) is 43.9 Å². The average Bonchev–Trinajstić information content (AvgIpc) is 3.37. The van der Waals surface area contributed by atoms with Gasteiger partial charge in [0, 0.05) is 13.0 Å². The molecule has 0 saturated carbocycles. The van der Waals surface area contributed by atoms with Crippen molar-refractivity contribution in [2.45, 2.75) is 63.8 Å². The largest absolute Gasteiger partial charge is 0.376 e. The summed E-state index contributed by atoms with van der Waals surface area (Å²) in [6, 6.07) is 0. The van der Waals surface area contributed by atoms with Gasteiger partial charge in [-0.25, -0.2) is 0 Å². The van der Waals surface area contributed by atoms with Gasteiger partial charge in [0.15, 0.2) is 5.16 Å². The summed E-state index contributed by atoms with van der Waals surface area (Å²) in [7, 11) is 0. The summed E-state index contributed by atoms with van der Waals surface area (Å²) < 4.78 is 7.86. The number of amides is 1. The summed E-state index contributed by atoms with van der Waals surface area (Å²) in [6.45, 7) is 5.71. The molecule has 0 spiro atoms. The van der Waals surface area contributed by atoms with Crippen LogP contribution in [0, 0.1) is 0 Å². The molecule has 0 bridgehead atoms. The second-order valence-electron chi connectivity index (χ2n) is 6.09. The van der Waals surface area contributed by atoms with Crippen LogP contribution in [0.4, 0.5) is 5.13 Å². The zero-order chi connectivity index (χ0) is 18.4. The molecule has 2 aromatic heterocycles. The molecule has 1 aliphatic rings. The first-order valence-corrected chi connectivity index (χ1v) is 10.8. The molecule has 1 aliphatic heterocycles. The molecule has 142 valence electrons. The lowest BCUT2D eigenvalue weighted by molar-refractivity contribution is -0.113. The van der Waals surface area contributed by atoms with Crippen molar-refractivity contribution in [3.63, 3.8) is 0 Å². The number of nitrogens with zero attached hydrogens (tertiary/aromatic N) is 5. The Hall–Kier alpha value is -1.52. The predicted octanol–water partition coefficient (Wildman–Crippen LogP) is 2.55. The number of hydrogen-bond donors (Lipinski definition) is 1. The highest BCUT2D eigenvalue weighted by molar-refractivity contribution is 7.99. The molecule has 1 saturated heterocycles. The zero-order valence-corrected chi connectivity index (χ0v) is 16.7. The number of thioether (sulfide) groups is 1. The van der Waals surface area contributed by atoms with Crippen molar-refractivity contribution in [3.8, 4) is 0 Å². The first-order chi connectivity index (χ1) is 12.7. The molecule has 1 N–H and O–H groups in total. The van der Waals surface area contributed by atoms with Crippen LogP contribution in [0.2, 0.25) is 0 Å². The third-order valence-electron chi connectivity index (χ3n) is 4.03. The lowest BCUT2D eigenvalue weighted by atomic mass is 10.2. The number of nitrogens with one attached hydrogen (secondary N) is 1. The molecular weight excluding hydrogens is 372 g/mol. The number of aromatic nitrogens is 5. The maximum Gasteiger partial charge on any atom is 0.236 e. The third kappa shape index (κ3) is 5.01. The smallest absolute Gasteiger partial charge is 0.236 e. The molecule has 0 aromatic carbocycles. The first-order valence-electron chi connectivity index (χ1n) is 8.98. The van der Waals surface area contributed by atoms with Gasteiger partial charge in [-0.2, -0.15) is 0 Å². The molecule has 1 amide bonds. The van der Waals surface area contributed by atoms with Crippen molar-refractivity contribution in [2.24, 2.45) is 0 Å². The van der Waals surface area contributed by atoms with Crippen molar-refractivity contribution in [2.75, 3.05) is 17.7 Å². The van der Waals surface area contributed by atoms with Gasteiger partial charge < -0.3 is 9.30 Å². The molecular formula is C16H24N6O2S2. The van der Waals surface area contributed by atoms with Crippen LogP contribution >= 0.6 is 23.1 Å². The molecule has 10 heteroatoms. The van der Waals surface area contributed by atoms with E-state index < -0.39 is 0 Å². The summed E-state index contributed by atoms with van der Waals surface area (Å²) >= 11 is 2.80. The minimum Gasteiger partial charge on any atom is -0.376 e. The first kappa shape index (κ1) is 19.2. The van der Waals surface area contributed by atoms with Crippen LogP contribution in [-0.4, -0.2) is 49.3 Å². The van der Waals surface area contributed by atoms with E-state index in [-0.39, 0.29) is 17.8 Å². The fourth-order valence-electron chi connectivity index (χ4n) is 2.74. The quantitative estimate of drug-likeness (QED) is 0.651. The maximum atomic E-state index is 12.2. The van der Waals surface area contributed by atoms with Crippen molar-refractivity contribution < 1.29 is 9.53 Å². The Bertz CT molecular complexity index is 726. The van der Waals surface area contributed by atoms with E-state index in [1.807, 2.05) is 6.92 Å². The number of aryl methyl sites for hydroxylation is 2. The van der Waals surface area contributed by atoms with Gasteiger partial charge in [0.2, 0.25) is 11.0 Å². The van der Waals surface area contributed by atoms with Gasteiger partial charge in [-0.05, 0) is 25.7 Å². The standard InChI is InChI=1S/C16H24N6O2S2/c1-3-6-12-18-21-16(22(12)9-11-7-5-8-24-11)25-10-13(23)17-15-20-19-14(4-2)26-15/h11H,3-10H2,1-2H3,(H,17,20,23)/t11-/m0/s1. The topological polar surface area (TPSA) is 94.8 Å². The maximum absolute atomic E-state index is 12.2. The van der Waals surface area contributed by atoms with Gasteiger partial charge in [0.1, 0.15) is 10.8 Å². The Morgan fingerprint density at radius 2 is 2.23 bits per heavy atom. The van der Waals surface area contributed by atoms with Gasteiger partial charge in [-0.3, -0.25) is 10.1 Å². The summed E-state index contributed by atoms with van der Waals surface area (Å²) in [6.07, 6.45) is 5.06. The summed E-state index contributed by atoms with van der Waals surface area (Å²) in [5, 5.41) is 21.6. The van der Waals surface area contributed by atoms with E-state index in [1.54, 1.807) is 0 Å². The van der Waals surface area contributed by atoms with E-state index in [1.165, 1.54) is 23.1 Å². The number of carbonyl (C=O) groups excluding carboxylic acids is 1. The van der Waals surface area contributed by atoms with Crippen LogP contribution in [0.5, 0.6) is 0 Å². The number of carbonyl (C=O) groups is 1.